The normalized spacial score (nSPS) is 22.0. The topological polar surface area (TPSA) is 56.6 Å². The quantitative estimate of drug-likeness (QED) is 0.713. The van der Waals surface area contributed by atoms with Crippen LogP contribution in [0.2, 0.25) is 0 Å². The molecule has 1 aliphatic heterocycles. The van der Waals surface area contributed by atoms with Crippen molar-refractivity contribution in [2.45, 2.75) is 32.4 Å². The fourth-order valence-corrected chi connectivity index (χ4v) is 2.76. The van der Waals surface area contributed by atoms with E-state index in [1.807, 2.05) is 14.1 Å². The fraction of sp³-hybridized carbons (Fsp3) is 0.733. The molecule has 0 saturated carbocycles. The summed E-state index contributed by atoms with van der Waals surface area (Å²) in [6, 6.07) is 0. The van der Waals surface area contributed by atoms with Gasteiger partial charge in [-0.05, 0) is 26.9 Å². The zero-order chi connectivity index (χ0) is 15.4. The van der Waals surface area contributed by atoms with E-state index in [-0.39, 0.29) is 17.8 Å². The zero-order valence-corrected chi connectivity index (χ0v) is 13.3. The number of carbonyl (C=O) groups is 1. The number of hydrogen-bond donors (Lipinski definition) is 0. The van der Waals surface area contributed by atoms with Crippen LogP contribution < -0.4 is 4.74 Å². The van der Waals surface area contributed by atoms with Crippen LogP contribution in [0.3, 0.4) is 0 Å². The van der Waals surface area contributed by atoms with Gasteiger partial charge in [-0.2, -0.15) is 5.10 Å². The van der Waals surface area contributed by atoms with Gasteiger partial charge in [0.15, 0.2) is 11.5 Å². The maximum Gasteiger partial charge on any atom is 0.190 e. The second kappa shape index (κ2) is 7.04. The van der Waals surface area contributed by atoms with Crippen LogP contribution in [-0.2, 0) is 11.3 Å². The van der Waals surface area contributed by atoms with Crippen LogP contribution in [0.1, 0.15) is 30.3 Å². The lowest BCUT2D eigenvalue weighted by Gasteiger charge is -2.17. The van der Waals surface area contributed by atoms with Crippen molar-refractivity contribution < 1.29 is 14.3 Å². The van der Waals surface area contributed by atoms with Gasteiger partial charge in [-0.15, -0.1) is 0 Å². The van der Waals surface area contributed by atoms with E-state index in [0.29, 0.717) is 24.6 Å². The van der Waals surface area contributed by atoms with Crippen LogP contribution in [0.5, 0.6) is 5.75 Å². The number of ether oxygens (including phenoxy) is 2. The van der Waals surface area contributed by atoms with E-state index in [1.165, 1.54) is 0 Å². The molecule has 0 spiro atoms. The van der Waals surface area contributed by atoms with Crippen molar-refractivity contribution in [1.82, 2.24) is 14.7 Å². The number of rotatable bonds is 7. The van der Waals surface area contributed by atoms with Crippen molar-refractivity contribution >= 4 is 5.78 Å². The van der Waals surface area contributed by atoms with Crippen molar-refractivity contribution in [3.05, 3.63) is 11.9 Å². The Kier molecular flexibility index (Phi) is 5.36. The van der Waals surface area contributed by atoms with Gasteiger partial charge in [0.2, 0.25) is 0 Å². The summed E-state index contributed by atoms with van der Waals surface area (Å²) in [5.74, 6) is 0.562. The van der Waals surface area contributed by atoms with Crippen molar-refractivity contribution in [2.24, 2.45) is 5.92 Å². The van der Waals surface area contributed by atoms with E-state index >= 15 is 0 Å². The first-order valence-corrected chi connectivity index (χ1v) is 7.48. The summed E-state index contributed by atoms with van der Waals surface area (Å²) in [5.41, 5.74) is 0.577. The van der Waals surface area contributed by atoms with Gasteiger partial charge in [-0.1, -0.05) is 6.92 Å². The van der Waals surface area contributed by atoms with Crippen LogP contribution in [0.4, 0.5) is 0 Å². The minimum Gasteiger partial charge on any atom is -0.493 e. The summed E-state index contributed by atoms with van der Waals surface area (Å²) in [4.78, 5) is 15.0. The Morgan fingerprint density at radius 1 is 1.57 bits per heavy atom. The molecule has 1 aromatic rings. The van der Waals surface area contributed by atoms with Crippen LogP contribution in [0.15, 0.2) is 6.20 Å². The third-order valence-corrected chi connectivity index (χ3v) is 3.97. The van der Waals surface area contributed by atoms with E-state index in [4.69, 9.17) is 9.47 Å². The smallest absolute Gasteiger partial charge is 0.190 e. The molecule has 21 heavy (non-hydrogen) atoms. The summed E-state index contributed by atoms with van der Waals surface area (Å²) >= 11 is 0. The molecule has 2 atom stereocenters. The molecule has 0 aromatic carbocycles. The predicted molar refractivity (Wildman–Crippen MR) is 79.8 cm³/mol. The Bertz CT molecular complexity index is 485. The second-order valence-corrected chi connectivity index (χ2v) is 5.66. The van der Waals surface area contributed by atoms with Crippen molar-refractivity contribution in [3.8, 4) is 5.75 Å². The van der Waals surface area contributed by atoms with E-state index < -0.39 is 0 Å². The van der Waals surface area contributed by atoms with Gasteiger partial charge >= 0.3 is 0 Å². The number of methoxy groups -OCH3 is 1. The van der Waals surface area contributed by atoms with Crippen LogP contribution >= 0.6 is 0 Å². The third-order valence-electron chi connectivity index (χ3n) is 3.97. The average Bonchev–Trinajstić information content (AvgIpc) is 3.10. The zero-order valence-electron chi connectivity index (χ0n) is 13.3. The van der Waals surface area contributed by atoms with Crippen LogP contribution in [-0.4, -0.2) is 60.9 Å². The Morgan fingerprint density at radius 2 is 2.33 bits per heavy atom. The summed E-state index contributed by atoms with van der Waals surface area (Å²) in [5, 5.41) is 4.31. The largest absolute Gasteiger partial charge is 0.493 e. The van der Waals surface area contributed by atoms with Crippen molar-refractivity contribution in [3.63, 3.8) is 0 Å². The molecule has 0 N–H and O–H groups in total. The lowest BCUT2D eigenvalue weighted by atomic mass is 9.92. The summed E-state index contributed by atoms with van der Waals surface area (Å²) < 4.78 is 12.7. The SMILES string of the molecule is CCC1OCCC1C(=O)c1c(OC)cnn1CCN(C)C. The first kappa shape index (κ1) is 16.0. The molecule has 0 bridgehead atoms. The summed E-state index contributed by atoms with van der Waals surface area (Å²) in [6.45, 7) is 4.20. The molecule has 0 amide bonds. The van der Waals surface area contributed by atoms with Gasteiger partial charge in [-0.3, -0.25) is 9.48 Å². The molecule has 0 aliphatic carbocycles. The molecule has 1 aliphatic rings. The monoisotopic (exact) mass is 295 g/mol. The molecule has 0 radical (unpaired) electrons. The number of ketones is 1. The Labute approximate surface area is 126 Å². The number of carbonyl (C=O) groups excluding carboxylic acids is 1. The first-order chi connectivity index (χ1) is 10.1. The number of nitrogens with zero attached hydrogens (tertiary/aromatic N) is 3. The van der Waals surface area contributed by atoms with Gasteiger partial charge in [0, 0.05) is 13.2 Å². The molecule has 1 fully saturated rings. The lowest BCUT2D eigenvalue weighted by Crippen LogP contribution is -2.28. The molecule has 2 rings (SSSR count). The maximum atomic E-state index is 12.9. The predicted octanol–water partition coefficient (Wildman–Crippen LogP) is 1.45. The van der Waals surface area contributed by atoms with E-state index in [2.05, 4.69) is 16.9 Å². The van der Waals surface area contributed by atoms with Crippen molar-refractivity contribution in [1.29, 1.82) is 0 Å². The maximum absolute atomic E-state index is 12.9. The highest BCUT2D eigenvalue weighted by atomic mass is 16.5. The van der Waals surface area contributed by atoms with Crippen LogP contribution in [0, 0.1) is 5.92 Å². The minimum absolute atomic E-state index is 0.0133. The summed E-state index contributed by atoms with van der Waals surface area (Å²) in [6.07, 6.45) is 3.27. The van der Waals surface area contributed by atoms with E-state index in [1.54, 1.807) is 18.0 Å². The summed E-state index contributed by atoms with van der Waals surface area (Å²) in [7, 11) is 5.58. The average molecular weight is 295 g/mol. The molecule has 6 nitrogen and oxygen atoms in total. The van der Waals surface area contributed by atoms with Gasteiger partial charge < -0.3 is 14.4 Å². The van der Waals surface area contributed by atoms with E-state index in [0.717, 1.165) is 19.4 Å². The third kappa shape index (κ3) is 3.44. The van der Waals surface area contributed by atoms with Crippen LogP contribution in [0.25, 0.3) is 0 Å². The number of aromatic nitrogens is 2. The van der Waals surface area contributed by atoms with Crippen molar-refractivity contribution in [2.75, 3.05) is 34.4 Å². The Balaban J connectivity index is 2.23. The Hall–Kier alpha value is -1.40. The molecule has 118 valence electrons. The minimum atomic E-state index is -0.0845. The number of Topliss-reactive ketones (excluding diaryl/α,β-unsaturated/α-hetero) is 1. The highest BCUT2D eigenvalue weighted by Gasteiger charge is 2.36. The van der Waals surface area contributed by atoms with E-state index in [9.17, 15) is 4.79 Å². The molecular formula is C15H25N3O3. The second-order valence-electron chi connectivity index (χ2n) is 5.66. The molecule has 2 heterocycles. The standard InChI is InChI=1S/C15H25N3O3/c1-5-12-11(6-9-21-12)15(19)14-13(20-4)10-16-18(14)8-7-17(2)3/h10-12H,5-9H2,1-4H3. The molecule has 1 aromatic heterocycles. The number of hydrogen-bond acceptors (Lipinski definition) is 5. The fourth-order valence-electron chi connectivity index (χ4n) is 2.76. The van der Waals surface area contributed by atoms with Gasteiger partial charge in [0.1, 0.15) is 5.69 Å². The highest BCUT2D eigenvalue weighted by Crippen LogP contribution is 2.30. The molecule has 6 heteroatoms. The Morgan fingerprint density at radius 3 is 2.95 bits per heavy atom. The molecule has 2 unspecified atom stereocenters. The lowest BCUT2D eigenvalue weighted by molar-refractivity contribution is 0.0678. The van der Waals surface area contributed by atoms with Gasteiger partial charge in [-0.25, -0.2) is 0 Å². The molecular weight excluding hydrogens is 270 g/mol. The number of likely N-dealkylation sites (N-methyl/N-ethyl adjacent to an activating group) is 1. The highest BCUT2D eigenvalue weighted by molar-refractivity contribution is 5.99. The molecule has 1 saturated heterocycles. The van der Waals surface area contributed by atoms with Gasteiger partial charge in [0.05, 0.1) is 31.9 Å². The first-order valence-electron chi connectivity index (χ1n) is 7.48. The van der Waals surface area contributed by atoms with Gasteiger partial charge in [0.25, 0.3) is 0 Å².